The zero-order valence-electron chi connectivity index (χ0n) is 13.6. The van der Waals surface area contributed by atoms with E-state index in [2.05, 4.69) is 0 Å². The second-order valence-corrected chi connectivity index (χ2v) is 6.00. The van der Waals surface area contributed by atoms with Gasteiger partial charge in [-0.25, -0.2) is 4.90 Å². The number of imide groups is 1. The van der Waals surface area contributed by atoms with Gasteiger partial charge >= 0.3 is 0 Å². The molecule has 0 radical (unpaired) electrons. The fraction of sp³-hybridized carbons (Fsp3) is 0.158. The molecule has 1 aliphatic rings. The number of anilines is 1. The number of amides is 2. The maximum atomic E-state index is 12.9. The fourth-order valence-electron chi connectivity index (χ4n) is 2.86. The van der Waals surface area contributed by atoms with Crippen molar-refractivity contribution >= 4 is 34.7 Å². The van der Waals surface area contributed by atoms with Gasteiger partial charge in [0, 0.05) is 5.56 Å². The minimum atomic E-state index is -0.519. The molecule has 2 aromatic rings. The largest absolute Gasteiger partial charge is 0.496 e. The van der Waals surface area contributed by atoms with E-state index in [1.165, 1.54) is 7.11 Å². The minimum Gasteiger partial charge on any atom is -0.496 e. The first-order valence-electron chi connectivity index (χ1n) is 7.45. The van der Waals surface area contributed by atoms with Crippen LogP contribution in [0.3, 0.4) is 0 Å². The number of rotatable bonds is 3. The van der Waals surface area contributed by atoms with E-state index in [0.717, 1.165) is 16.0 Å². The molecule has 0 saturated heterocycles. The van der Waals surface area contributed by atoms with Crippen molar-refractivity contribution in [1.29, 1.82) is 0 Å². The van der Waals surface area contributed by atoms with Crippen LogP contribution in [-0.2, 0) is 9.59 Å². The predicted octanol–water partition coefficient (Wildman–Crippen LogP) is 3.84. The Balaban J connectivity index is 2.11. The second kappa shape index (κ2) is 6.13. The van der Waals surface area contributed by atoms with E-state index in [1.807, 2.05) is 26.0 Å². The molecule has 0 N–H and O–H groups in total. The van der Waals surface area contributed by atoms with Crippen molar-refractivity contribution in [2.75, 3.05) is 12.0 Å². The number of carbonyl (C=O) groups excluding carboxylic acids is 2. The number of halogens is 1. The zero-order valence-corrected chi connectivity index (χ0v) is 14.3. The Hall–Kier alpha value is -2.59. The molecule has 1 aliphatic heterocycles. The molecule has 5 heteroatoms. The number of aryl methyl sites for hydroxylation is 2. The van der Waals surface area contributed by atoms with Crippen LogP contribution in [0, 0.1) is 13.8 Å². The minimum absolute atomic E-state index is 0.0931. The third-order valence-corrected chi connectivity index (χ3v) is 4.35. The molecule has 1 heterocycles. The van der Waals surface area contributed by atoms with Crippen LogP contribution in [-0.4, -0.2) is 18.9 Å². The van der Waals surface area contributed by atoms with Crippen molar-refractivity contribution in [3.05, 3.63) is 64.2 Å². The van der Waals surface area contributed by atoms with Gasteiger partial charge < -0.3 is 4.74 Å². The average Bonchev–Trinajstić information content (AvgIpc) is 2.78. The Morgan fingerprint density at radius 2 is 1.71 bits per heavy atom. The molecule has 24 heavy (non-hydrogen) atoms. The van der Waals surface area contributed by atoms with Crippen LogP contribution in [0.1, 0.15) is 16.7 Å². The van der Waals surface area contributed by atoms with Crippen molar-refractivity contribution in [3.63, 3.8) is 0 Å². The molecule has 0 spiro atoms. The molecular formula is C19H16ClNO3. The molecule has 2 amide bonds. The Morgan fingerprint density at radius 1 is 1.00 bits per heavy atom. The molecule has 122 valence electrons. The van der Waals surface area contributed by atoms with Crippen LogP contribution < -0.4 is 9.64 Å². The SMILES string of the molecule is COc1ccccc1C1=C(Cl)C(=O)N(c2ccc(C)cc2C)C1=O. The average molecular weight is 342 g/mol. The summed E-state index contributed by atoms with van der Waals surface area (Å²) in [5, 5.41) is -0.0931. The summed E-state index contributed by atoms with van der Waals surface area (Å²) in [5.74, 6) is -0.467. The molecule has 0 atom stereocenters. The monoisotopic (exact) mass is 341 g/mol. The van der Waals surface area contributed by atoms with Crippen LogP contribution in [0.2, 0.25) is 0 Å². The van der Waals surface area contributed by atoms with Gasteiger partial charge in [-0.3, -0.25) is 9.59 Å². The normalized spacial score (nSPS) is 14.6. The van der Waals surface area contributed by atoms with Gasteiger partial charge in [-0.2, -0.15) is 0 Å². The number of ether oxygens (including phenoxy) is 1. The summed E-state index contributed by atoms with van der Waals surface area (Å²) in [4.78, 5) is 26.7. The first-order valence-corrected chi connectivity index (χ1v) is 7.82. The smallest absolute Gasteiger partial charge is 0.277 e. The molecule has 2 aromatic carbocycles. The van der Waals surface area contributed by atoms with E-state index < -0.39 is 11.8 Å². The van der Waals surface area contributed by atoms with Gasteiger partial charge in [0.2, 0.25) is 0 Å². The zero-order chi connectivity index (χ0) is 17.4. The lowest BCUT2D eigenvalue weighted by atomic mass is 10.0. The molecule has 0 saturated carbocycles. The standard InChI is InChI=1S/C19H16ClNO3/c1-11-8-9-14(12(2)10-11)21-18(22)16(17(20)19(21)23)13-6-4-5-7-15(13)24-3/h4-10H,1-3H3. The summed E-state index contributed by atoms with van der Waals surface area (Å²) < 4.78 is 5.30. The maximum Gasteiger partial charge on any atom is 0.277 e. The first kappa shape index (κ1) is 16.3. The van der Waals surface area contributed by atoms with Crippen molar-refractivity contribution in [2.45, 2.75) is 13.8 Å². The third kappa shape index (κ3) is 2.49. The highest BCUT2D eigenvalue weighted by Gasteiger charge is 2.40. The molecule has 0 unspecified atom stereocenters. The van der Waals surface area contributed by atoms with Crippen LogP contribution >= 0.6 is 11.6 Å². The van der Waals surface area contributed by atoms with Crippen molar-refractivity contribution in [3.8, 4) is 5.75 Å². The number of methoxy groups -OCH3 is 1. The molecule has 0 bridgehead atoms. The number of para-hydroxylation sites is 1. The summed E-state index contributed by atoms with van der Waals surface area (Å²) in [6.07, 6.45) is 0. The molecule has 3 rings (SSSR count). The van der Waals surface area contributed by atoms with E-state index in [9.17, 15) is 9.59 Å². The van der Waals surface area contributed by atoms with Gasteiger partial charge in [-0.15, -0.1) is 0 Å². The van der Waals surface area contributed by atoms with Crippen LogP contribution in [0.4, 0.5) is 5.69 Å². The van der Waals surface area contributed by atoms with E-state index in [-0.39, 0.29) is 10.6 Å². The Bertz CT molecular complexity index is 886. The summed E-state index contributed by atoms with van der Waals surface area (Å²) in [6, 6.07) is 12.5. The topological polar surface area (TPSA) is 46.6 Å². The van der Waals surface area contributed by atoms with E-state index >= 15 is 0 Å². The van der Waals surface area contributed by atoms with Gasteiger partial charge in [-0.1, -0.05) is 47.5 Å². The van der Waals surface area contributed by atoms with Gasteiger partial charge in [0.25, 0.3) is 11.8 Å². The van der Waals surface area contributed by atoms with Gasteiger partial charge in [-0.05, 0) is 31.5 Å². The number of carbonyl (C=O) groups is 2. The maximum absolute atomic E-state index is 12.9. The second-order valence-electron chi connectivity index (χ2n) is 5.62. The van der Waals surface area contributed by atoms with Crippen LogP contribution in [0.25, 0.3) is 5.57 Å². The fourth-order valence-corrected chi connectivity index (χ4v) is 3.13. The Morgan fingerprint density at radius 3 is 2.38 bits per heavy atom. The van der Waals surface area contributed by atoms with Gasteiger partial charge in [0.15, 0.2) is 0 Å². The van der Waals surface area contributed by atoms with Crippen molar-refractivity contribution in [1.82, 2.24) is 0 Å². The van der Waals surface area contributed by atoms with E-state index in [0.29, 0.717) is 17.0 Å². The molecule has 4 nitrogen and oxygen atoms in total. The predicted molar refractivity (Wildman–Crippen MR) is 94.2 cm³/mol. The molecule has 0 fully saturated rings. The number of nitrogens with zero attached hydrogens (tertiary/aromatic N) is 1. The van der Waals surface area contributed by atoms with Crippen LogP contribution in [0.5, 0.6) is 5.75 Å². The number of hydrogen-bond donors (Lipinski definition) is 0. The summed E-state index contributed by atoms with van der Waals surface area (Å²) >= 11 is 6.23. The number of hydrogen-bond acceptors (Lipinski definition) is 3. The highest BCUT2D eigenvalue weighted by atomic mass is 35.5. The van der Waals surface area contributed by atoms with Gasteiger partial charge in [0.1, 0.15) is 10.8 Å². The lowest BCUT2D eigenvalue weighted by Gasteiger charge is -2.18. The Labute approximate surface area is 145 Å². The highest BCUT2D eigenvalue weighted by Crippen LogP contribution is 2.39. The Kier molecular flexibility index (Phi) is 4.16. The van der Waals surface area contributed by atoms with Crippen molar-refractivity contribution < 1.29 is 14.3 Å². The molecule has 0 aromatic heterocycles. The van der Waals surface area contributed by atoms with E-state index in [4.69, 9.17) is 16.3 Å². The van der Waals surface area contributed by atoms with Crippen molar-refractivity contribution in [2.24, 2.45) is 0 Å². The molecule has 0 aliphatic carbocycles. The van der Waals surface area contributed by atoms with E-state index in [1.54, 1.807) is 30.3 Å². The quantitative estimate of drug-likeness (QED) is 0.797. The van der Waals surface area contributed by atoms with Gasteiger partial charge in [0.05, 0.1) is 18.4 Å². The first-order chi connectivity index (χ1) is 11.5. The summed E-state index contributed by atoms with van der Waals surface area (Å²) in [5.41, 5.74) is 3.11. The lowest BCUT2D eigenvalue weighted by Crippen LogP contribution is -2.31. The molecular weight excluding hydrogens is 326 g/mol. The summed E-state index contributed by atoms with van der Waals surface area (Å²) in [6.45, 7) is 3.81. The lowest BCUT2D eigenvalue weighted by molar-refractivity contribution is -0.119. The highest BCUT2D eigenvalue weighted by molar-refractivity contribution is 6.60. The summed E-state index contributed by atoms with van der Waals surface area (Å²) in [7, 11) is 1.51. The number of benzene rings is 2. The van der Waals surface area contributed by atoms with Crippen LogP contribution in [0.15, 0.2) is 47.5 Å². The third-order valence-electron chi connectivity index (χ3n) is 4.00.